The first-order valence-electron chi connectivity index (χ1n) is 14.1. The number of hydrazine groups is 2. The number of carbonyl (C=O) groups excluding carboxylic acids is 2. The van der Waals surface area contributed by atoms with E-state index >= 15 is 0 Å². The van der Waals surface area contributed by atoms with Crippen molar-refractivity contribution in [1.82, 2.24) is 31.1 Å². The minimum absolute atomic E-state index is 0.0426. The van der Waals surface area contributed by atoms with Crippen LogP contribution in [-0.4, -0.2) is 66.0 Å². The van der Waals surface area contributed by atoms with Crippen molar-refractivity contribution < 1.29 is 22.8 Å². The van der Waals surface area contributed by atoms with Gasteiger partial charge in [-0.2, -0.15) is 13.2 Å². The number of hydrogen-bond donors (Lipinski definition) is 4. The number of likely N-dealkylation sites (N-methyl/N-ethyl adjacent to an activating group) is 1. The molecule has 3 heterocycles. The molecule has 2 aromatic rings. The lowest BCUT2D eigenvalue weighted by atomic mass is 10.1. The van der Waals surface area contributed by atoms with Gasteiger partial charge in [0.15, 0.2) is 5.13 Å². The molecule has 1 saturated heterocycles. The quantitative estimate of drug-likeness (QED) is 0.306. The first-order chi connectivity index (χ1) is 20.8. The first kappa shape index (κ1) is 32.8. The largest absolute Gasteiger partial charge is 0.412 e. The Labute approximate surface area is 258 Å². The molecule has 0 atom stereocenters. The lowest BCUT2D eigenvalue weighted by Crippen LogP contribution is -2.36. The third kappa shape index (κ3) is 8.49. The van der Waals surface area contributed by atoms with E-state index in [1.165, 1.54) is 18.3 Å². The number of anilines is 2. The molecule has 4 N–H and O–H groups in total. The van der Waals surface area contributed by atoms with Crippen LogP contribution in [0.2, 0.25) is 0 Å². The minimum atomic E-state index is -4.54. The van der Waals surface area contributed by atoms with E-state index in [1.54, 1.807) is 41.7 Å². The second kappa shape index (κ2) is 14.1. The third-order valence-electron chi connectivity index (χ3n) is 7.12. The molecule has 14 heteroatoms. The van der Waals surface area contributed by atoms with Crippen LogP contribution in [0.15, 0.2) is 65.8 Å². The van der Waals surface area contributed by atoms with Crippen molar-refractivity contribution in [1.29, 1.82) is 0 Å². The fraction of sp³-hybridized carbons (Fsp3) is 0.367. The molecule has 4 rings (SSSR count). The molecule has 1 aromatic heterocycles. The molecule has 236 valence electrons. The molecule has 0 spiro atoms. The lowest BCUT2D eigenvalue weighted by Gasteiger charge is -2.24. The summed E-state index contributed by atoms with van der Waals surface area (Å²) in [6.45, 7) is 9.34. The van der Waals surface area contributed by atoms with Gasteiger partial charge in [0.2, 0.25) is 5.91 Å². The second-order valence-electron chi connectivity index (χ2n) is 10.6. The first-order valence-corrected chi connectivity index (χ1v) is 14.9. The summed E-state index contributed by atoms with van der Waals surface area (Å²) in [5.74, 6) is -0.767. The fourth-order valence-corrected chi connectivity index (χ4v) is 5.47. The smallest absolute Gasteiger partial charge is 0.370 e. The van der Waals surface area contributed by atoms with Gasteiger partial charge in [-0.25, -0.2) is 4.98 Å². The molecule has 10 nitrogen and oxygen atoms in total. The Morgan fingerprint density at radius 2 is 1.89 bits per heavy atom. The number of halogens is 3. The van der Waals surface area contributed by atoms with Crippen LogP contribution in [0, 0.1) is 6.92 Å². The van der Waals surface area contributed by atoms with Gasteiger partial charge in [0, 0.05) is 61.5 Å². The Bertz CT molecular complexity index is 1510. The van der Waals surface area contributed by atoms with Gasteiger partial charge >= 0.3 is 6.18 Å². The predicted octanol–water partition coefficient (Wildman–Crippen LogP) is 4.90. The Balaban J connectivity index is 1.59. The van der Waals surface area contributed by atoms with Gasteiger partial charge in [0.05, 0.1) is 16.3 Å². The van der Waals surface area contributed by atoms with E-state index in [2.05, 4.69) is 36.4 Å². The molecule has 44 heavy (non-hydrogen) atoms. The maximum Gasteiger partial charge on any atom is 0.412 e. The number of thiazole rings is 1. The summed E-state index contributed by atoms with van der Waals surface area (Å²) >= 11 is 1.29. The summed E-state index contributed by atoms with van der Waals surface area (Å²) in [5.41, 5.74) is 8.51. The van der Waals surface area contributed by atoms with Crippen molar-refractivity contribution >= 4 is 39.7 Å². The van der Waals surface area contributed by atoms with Crippen LogP contribution in [0.25, 0.3) is 5.70 Å². The molecule has 1 aromatic carbocycles. The number of alkyl halides is 3. The zero-order valence-corrected chi connectivity index (χ0v) is 26.1. The second-order valence-corrected chi connectivity index (χ2v) is 11.6. The van der Waals surface area contributed by atoms with Crippen LogP contribution in [-0.2, 0) is 4.79 Å². The summed E-state index contributed by atoms with van der Waals surface area (Å²) < 4.78 is 40.6. The molecule has 0 radical (unpaired) electrons. The molecular weight excluding hydrogens is 593 g/mol. The highest BCUT2D eigenvalue weighted by molar-refractivity contribution is 7.16. The number of amides is 2. The maximum absolute atomic E-state index is 13.5. The summed E-state index contributed by atoms with van der Waals surface area (Å²) in [6.07, 6.45) is 4.20. The van der Waals surface area contributed by atoms with Gasteiger partial charge in [-0.15, -0.1) is 5.53 Å². The predicted molar refractivity (Wildman–Crippen MR) is 167 cm³/mol. The SMILES string of the molecule is C\C=C(/C=C(\C=C(/C)C(F)(F)F)NC(=O)c1ccc(C)c(N2C=C(c3cnc(NC(C)=O)s3)NN2)c1)N1CCCN(C)CC1. The third-order valence-corrected chi connectivity index (χ3v) is 8.06. The van der Waals surface area contributed by atoms with Gasteiger partial charge < -0.3 is 25.9 Å². The van der Waals surface area contributed by atoms with Crippen molar-refractivity contribution in [3.8, 4) is 0 Å². The topological polar surface area (TPSA) is 105 Å². The number of aryl methyl sites for hydroxylation is 1. The number of allylic oxidation sites excluding steroid dienone is 4. The highest BCUT2D eigenvalue weighted by Gasteiger charge is 2.30. The number of hydrogen-bond acceptors (Lipinski definition) is 9. The van der Waals surface area contributed by atoms with Crippen molar-refractivity contribution in [3.05, 3.63) is 81.8 Å². The molecule has 1 fully saturated rings. The molecular formula is C30H37F3N8O2S. The Morgan fingerprint density at radius 3 is 2.59 bits per heavy atom. The van der Waals surface area contributed by atoms with Crippen LogP contribution in [0.1, 0.15) is 48.0 Å². The van der Waals surface area contributed by atoms with E-state index < -0.39 is 17.7 Å². The molecule has 2 amide bonds. The Morgan fingerprint density at radius 1 is 1.11 bits per heavy atom. The molecule has 0 saturated carbocycles. The normalized spacial score (nSPS) is 17.3. The van der Waals surface area contributed by atoms with E-state index in [-0.39, 0.29) is 17.2 Å². The van der Waals surface area contributed by atoms with E-state index in [9.17, 15) is 22.8 Å². The number of benzene rings is 1. The van der Waals surface area contributed by atoms with Crippen LogP contribution >= 0.6 is 11.3 Å². The van der Waals surface area contributed by atoms with Crippen molar-refractivity contribution in [3.63, 3.8) is 0 Å². The van der Waals surface area contributed by atoms with Crippen molar-refractivity contribution in [2.75, 3.05) is 43.6 Å². The summed E-state index contributed by atoms with van der Waals surface area (Å²) in [7, 11) is 2.04. The molecule has 0 aliphatic carbocycles. The molecule has 2 aliphatic heterocycles. The van der Waals surface area contributed by atoms with E-state index in [4.69, 9.17) is 0 Å². The zero-order chi connectivity index (χ0) is 32.0. The average molecular weight is 631 g/mol. The Kier molecular flexibility index (Phi) is 10.5. The van der Waals surface area contributed by atoms with Gasteiger partial charge in [-0.05, 0) is 70.6 Å². The van der Waals surface area contributed by atoms with Gasteiger partial charge in [-0.3, -0.25) is 14.6 Å². The maximum atomic E-state index is 13.5. The summed E-state index contributed by atoms with van der Waals surface area (Å²) in [4.78, 5) is 34.1. The monoisotopic (exact) mass is 630 g/mol. The molecule has 0 unspecified atom stereocenters. The van der Waals surface area contributed by atoms with Crippen molar-refractivity contribution in [2.45, 2.75) is 40.3 Å². The minimum Gasteiger partial charge on any atom is -0.370 e. The molecule has 2 aliphatic rings. The highest BCUT2D eigenvalue weighted by atomic mass is 32.1. The van der Waals surface area contributed by atoms with Gasteiger partial charge in [-0.1, -0.05) is 23.5 Å². The van der Waals surface area contributed by atoms with Gasteiger partial charge in [0.1, 0.15) is 0 Å². The summed E-state index contributed by atoms with van der Waals surface area (Å²) in [6, 6.07) is 5.06. The van der Waals surface area contributed by atoms with Crippen LogP contribution in [0.3, 0.4) is 0 Å². The standard InChI is InChI=1S/C30H37F3N8O2S/c1-6-24(40-11-7-10-39(5)12-13-40)16-23(14-20(3)30(31,32)33)36-28(43)22-9-8-19(2)26(15-22)41-18-25(37-38-41)27-17-34-29(44-27)35-21(4)42/h6,8-9,14-18,37-38H,7,10-13H2,1-5H3,(H,36,43)(H,34,35,42)/b20-14+,23-16+,24-6+. The summed E-state index contributed by atoms with van der Waals surface area (Å²) in [5, 5.41) is 7.52. The number of carbonyl (C=O) groups is 2. The van der Waals surface area contributed by atoms with Crippen LogP contribution in [0.4, 0.5) is 24.0 Å². The van der Waals surface area contributed by atoms with Crippen LogP contribution < -0.4 is 26.6 Å². The van der Waals surface area contributed by atoms with Crippen LogP contribution in [0.5, 0.6) is 0 Å². The van der Waals surface area contributed by atoms with E-state index in [1.807, 2.05) is 27.0 Å². The van der Waals surface area contributed by atoms with E-state index in [0.29, 0.717) is 16.5 Å². The average Bonchev–Trinajstić information content (AvgIpc) is 3.57. The highest BCUT2D eigenvalue weighted by Crippen LogP contribution is 2.29. The fourth-order valence-electron chi connectivity index (χ4n) is 4.64. The number of rotatable bonds is 8. The number of nitrogens with zero attached hydrogens (tertiary/aromatic N) is 4. The lowest BCUT2D eigenvalue weighted by molar-refractivity contribution is -0.114. The van der Waals surface area contributed by atoms with Gasteiger partial charge in [0.25, 0.3) is 5.91 Å². The van der Waals surface area contributed by atoms with Crippen molar-refractivity contribution in [2.24, 2.45) is 0 Å². The number of aromatic nitrogens is 1. The Hall–Kier alpha value is -4.14. The number of nitrogens with one attached hydrogen (secondary N) is 4. The zero-order valence-electron chi connectivity index (χ0n) is 25.3. The van der Waals surface area contributed by atoms with E-state index in [0.717, 1.165) is 61.7 Å². The molecule has 0 bridgehead atoms.